The van der Waals surface area contributed by atoms with E-state index < -0.39 is 24.1 Å². The van der Waals surface area contributed by atoms with Crippen LogP contribution >= 0.6 is 0 Å². The Kier molecular flexibility index (Phi) is 4.73. The molecule has 0 radical (unpaired) electrons. The van der Waals surface area contributed by atoms with Crippen molar-refractivity contribution in [3.63, 3.8) is 0 Å². The van der Waals surface area contributed by atoms with E-state index in [-0.39, 0.29) is 5.91 Å². The molecule has 7 nitrogen and oxygen atoms in total. The molecular weight excluding hydrogens is 315 g/mol. The maximum Gasteiger partial charge on any atom is 0.266 e. The van der Waals surface area contributed by atoms with Crippen molar-refractivity contribution >= 4 is 17.5 Å². The summed E-state index contributed by atoms with van der Waals surface area (Å²) in [7, 11) is 0. The van der Waals surface area contributed by atoms with Crippen LogP contribution in [-0.4, -0.2) is 52.8 Å². The molecule has 0 aliphatic carbocycles. The van der Waals surface area contributed by atoms with E-state index in [1.165, 1.54) is 0 Å². The highest BCUT2D eigenvalue weighted by Gasteiger charge is 2.36. The topological polar surface area (TPSA) is 97.9 Å². The maximum atomic E-state index is 13.7. The van der Waals surface area contributed by atoms with Crippen LogP contribution < -0.4 is 5.73 Å². The Morgan fingerprint density at radius 2 is 2.12 bits per heavy atom. The van der Waals surface area contributed by atoms with Crippen molar-refractivity contribution in [3.05, 3.63) is 30.1 Å². The molecule has 2 amide bonds. The van der Waals surface area contributed by atoms with Crippen LogP contribution in [0, 0.1) is 5.92 Å². The van der Waals surface area contributed by atoms with Crippen molar-refractivity contribution in [1.29, 1.82) is 0 Å². The lowest BCUT2D eigenvalue weighted by Crippen LogP contribution is -2.46. The van der Waals surface area contributed by atoms with Gasteiger partial charge >= 0.3 is 0 Å². The molecule has 1 fully saturated rings. The van der Waals surface area contributed by atoms with Gasteiger partial charge in [-0.05, 0) is 25.0 Å². The van der Waals surface area contributed by atoms with E-state index in [0.29, 0.717) is 38.1 Å². The van der Waals surface area contributed by atoms with Gasteiger partial charge in [0.2, 0.25) is 6.10 Å². The SMILES string of the molecule is NC(=O)C(F)C1CCN(C(=O)C2CC(c3cccnc3)=NO2)CC1. The predicted octanol–water partition coefficient (Wildman–Crippen LogP) is 0.637. The fourth-order valence-electron chi connectivity index (χ4n) is 3.06. The van der Waals surface area contributed by atoms with Gasteiger partial charge in [0, 0.05) is 43.4 Å². The Balaban J connectivity index is 1.53. The number of alkyl halides is 1. The fraction of sp³-hybridized carbons (Fsp3) is 0.500. The van der Waals surface area contributed by atoms with Gasteiger partial charge in [-0.15, -0.1) is 0 Å². The number of amides is 2. The van der Waals surface area contributed by atoms with Gasteiger partial charge in [-0.1, -0.05) is 5.16 Å². The van der Waals surface area contributed by atoms with E-state index in [4.69, 9.17) is 10.6 Å². The summed E-state index contributed by atoms with van der Waals surface area (Å²) in [6.45, 7) is 0.776. The lowest BCUT2D eigenvalue weighted by molar-refractivity contribution is -0.144. The Hall–Kier alpha value is -2.51. The van der Waals surface area contributed by atoms with Crippen LogP contribution in [0.15, 0.2) is 29.7 Å². The van der Waals surface area contributed by atoms with Crippen molar-refractivity contribution in [2.75, 3.05) is 13.1 Å². The number of nitrogens with two attached hydrogens (primary N) is 1. The molecule has 0 spiro atoms. The number of piperidine rings is 1. The zero-order chi connectivity index (χ0) is 17.1. The summed E-state index contributed by atoms with van der Waals surface area (Å²) >= 11 is 0. The number of halogens is 1. The van der Waals surface area contributed by atoms with E-state index in [1.807, 2.05) is 6.07 Å². The molecule has 1 aromatic heterocycles. The van der Waals surface area contributed by atoms with E-state index in [1.54, 1.807) is 23.4 Å². The van der Waals surface area contributed by atoms with Crippen LogP contribution in [0.5, 0.6) is 0 Å². The number of oxime groups is 1. The minimum Gasteiger partial charge on any atom is -0.382 e. The van der Waals surface area contributed by atoms with Gasteiger partial charge in [0.25, 0.3) is 11.8 Å². The molecular formula is C16H19FN4O3. The van der Waals surface area contributed by atoms with Crippen LogP contribution in [0.3, 0.4) is 0 Å². The van der Waals surface area contributed by atoms with Gasteiger partial charge in [-0.3, -0.25) is 14.6 Å². The maximum absolute atomic E-state index is 13.7. The van der Waals surface area contributed by atoms with Crippen LogP contribution in [0.25, 0.3) is 0 Å². The van der Waals surface area contributed by atoms with Crippen molar-refractivity contribution in [2.24, 2.45) is 16.8 Å². The average molecular weight is 334 g/mol. The first-order chi connectivity index (χ1) is 11.6. The van der Waals surface area contributed by atoms with Gasteiger partial charge < -0.3 is 15.5 Å². The predicted molar refractivity (Wildman–Crippen MR) is 83.7 cm³/mol. The second-order valence-electron chi connectivity index (χ2n) is 6.04. The molecule has 3 rings (SSSR count). The number of likely N-dealkylation sites (tertiary alicyclic amines) is 1. The molecule has 0 aromatic carbocycles. The fourth-order valence-corrected chi connectivity index (χ4v) is 3.06. The summed E-state index contributed by atoms with van der Waals surface area (Å²) < 4.78 is 13.7. The summed E-state index contributed by atoms with van der Waals surface area (Å²) in [6.07, 6.45) is 2.25. The Morgan fingerprint density at radius 1 is 1.38 bits per heavy atom. The minimum absolute atomic E-state index is 0.162. The molecule has 24 heavy (non-hydrogen) atoms. The first-order valence-electron chi connectivity index (χ1n) is 7.91. The van der Waals surface area contributed by atoms with Crippen LogP contribution in [0.2, 0.25) is 0 Å². The van der Waals surface area contributed by atoms with Gasteiger partial charge in [-0.2, -0.15) is 0 Å². The smallest absolute Gasteiger partial charge is 0.266 e. The van der Waals surface area contributed by atoms with Gasteiger partial charge in [0.1, 0.15) is 0 Å². The number of hydrogen-bond donors (Lipinski definition) is 1. The minimum atomic E-state index is -1.65. The molecule has 1 saturated heterocycles. The quantitative estimate of drug-likeness (QED) is 0.873. The molecule has 0 saturated carbocycles. The monoisotopic (exact) mass is 334 g/mol. The number of carbonyl (C=O) groups excluding carboxylic acids is 2. The van der Waals surface area contributed by atoms with Gasteiger partial charge in [-0.25, -0.2) is 4.39 Å². The molecule has 2 atom stereocenters. The lowest BCUT2D eigenvalue weighted by atomic mass is 9.91. The molecule has 2 aliphatic rings. The van der Waals surface area contributed by atoms with E-state index >= 15 is 0 Å². The summed E-state index contributed by atoms with van der Waals surface area (Å²) in [4.78, 5) is 34.4. The number of hydrogen-bond acceptors (Lipinski definition) is 5. The van der Waals surface area contributed by atoms with Crippen molar-refractivity contribution in [1.82, 2.24) is 9.88 Å². The number of primary amides is 1. The molecule has 2 aliphatic heterocycles. The zero-order valence-electron chi connectivity index (χ0n) is 13.1. The van der Waals surface area contributed by atoms with Crippen molar-refractivity contribution in [2.45, 2.75) is 31.5 Å². The lowest BCUT2D eigenvalue weighted by Gasteiger charge is -2.33. The Labute approximate surface area is 138 Å². The second kappa shape index (κ2) is 6.94. The second-order valence-corrected chi connectivity index (χ2v) is 6.04. The molecule has 3 heterocycles. The van der Waals surface area contributed by atoms with Gasteiger partial charge in [0.15, 0.2) is 6.17 Å². The number of aromatic nitrogens is 1. The third-order valence-electron chi connectivity index (χ3n) is 4.48. The molecule has 8 heteroatoms. The summed E-state index contributed by atoms with van der Waals surface area (Å²) in [5.74, 6) is -1.52. The standard InChI is InChI=1S/C16H19FN4O3/c17-14(15(18)22)10-3-6-21(7-4-10)16(23)13-8-12(20-24-13)11-2-1-5-19-9-11/h1-2,5,9-10,13-14H,3-4,6-8H2,(H2,18,22). The molecule has 2 unspecified atom stereocenters. The van der Waals surface area contributed by atoms with Crippen LogP contribution in [0.1, 0.15) is 24.8 Å². The molecule has 1 aromatic rings. The summed E-state index contributed by atoms with van der Waals surface area (Å²) in [6, 6.07) is 3.66. The van der Waals surface area contributed by atoms with E-state index in [2.05, 4.69) is 10.1 Å². The first kappa shape index (κ1) is 16.4. The first-order valence-corrected chi connectivity index (χ1v) is 7.91. The highest BCUT2D eigenvalue weighted by atomic mass is 19.1. The largest absolute Gasteiger partial charge is 0.382 e. The Morgan fingerprint density at radius 3 is 2.75 bits per heavy atom. The number of pyridine rings is 1. The number of rotatable bonds is 4. The van der Waals surface area contributed by atoms with E-state index in [0.717, 1.165) is 5.56 Å². The molecule has 128 valence electrons. The molecule has 0 bridgehead atoms. The van der Waals surface area contributed by atoms with Crippen molar-refractivity contribution < 1.29 is 18.8 Å². The summed E-state index contributed by atoms with van der Waals surface area (Å²) in [5.41, 5.74) is 6.51. The Bertz CT molecular complexity index is 644. The third kappa shape index (κ3) is 3.37. The van der Waals surface area contributed by atoms with Crippen molar-refractivity contribution in [3.8, 4) is 0 Å². The van der Waals surface area contributed by atoms with Gasteiger partial charge in [0.05, 0.1) is 5.71 Å². The van der Waals surface area contributed by atoms with E-state index in [9.17, 15) is 14.0 Å². The number of nitrogens with zero attached hydrogens (tertiary/aromatic N) is 3. The molecule has 2 N–H and O–H groups in total. The van der Waals surface area contributed by atoms with Crippen LogP contribution in [-0.2, 0) is 14.4 Å². The average Bonchev–Trinajstić information content (AvgIpc) is 3.11. The van der Waals surface area contributed by atoms with Crippen LogP contribution in [0.4, 0.5) is 4.39 Å². The third-order valence-corrected chi connectivity index (χ3v) is 4.48. The summed E-state index contributed by atoms with van der Waals surface area (Å²) in [5, 5.41) is 3.98. The zero-order valence-corrected chi connectivity index (χ0v) is 13.1. The highest BCUT2D eigenvalue weighted by Crippen LogP contribution is 2.25. The normalized spacial score (nSPS) is 22.6. The number of carbonyl (C=O) groups is 2. The highest BCUT2D eigenvalue weighted by molar-refractivity contribution is 6.03.